The van der Waals surface area contributed by atoms with Crippen molar-refractivity contribution in [2.24, 2.45) is 5.73 Å². The van der Waals surface area contributed by atoms with Crippen molar-refractivity contribution in [3.63, 3.8) is 0 Å². The molecule has 8 nitrogen and oxygen atoms in total. The van der Waals surface area contributed by atoms with Crippen LogP contribution in [0.2, 0.25) is 0 Å². The second-order valence-electron chi connectivity index (χ2n) is 7.19. The first kappa shape index (κ1) is 18.5. The smallest absolute Gasteiger partial charge is 0.229 e. The minimum absolute atomic E-state index is 0.276. The number of carbonyl (C=O) groups excluding carboxylic acids is 1. The SMILES string of the molecule is NC(=O)CCNc1nc(Nc2cccc(N3CCOCC3)c2)ncc1C1CC1. The van der Waals surface area contributed by atoms with Gasteiger partial charge in [-0.05, 0) is 37.0 Å². The molecule has 0 unspecified atom stereocenters. The molecule has 1 aromatic carbocycles. The lowest BCUT2D eigenvalue weighted by molar-refractivity contribution is -0.117. The van der Waals surface area contributed by atoms with E-state index >= 15 is 0 Å². The van der Waals surface area contributed by atoms with Crippen molar-refractivity contribution in [3.05, 3.63) is 36.0 Å². The summed E-state index contributed by atoms with van der Waals surface area (Å²) in [7, 11) is 0. The first-order valence-electron chi connectivity index (χ1n) is 9.78. The molecule has 0 bridgehead atoms. The average Bonchev–Trinajstić information content (AvgIpc) is 3.54. The van der Waals surface area contributed by atoms with Gasteiger partial charge in [0.2, 0.25) is 11.9 Å². The number of ether oxygens (including phenoxy) is 1. The molecule has 1 saturated carbocycles. The van der Waals surface area contributed by atoms with E-state index in [4.69, 9.17) is 10.5 Å². The second-order valence-corrected chi connectivity index (χ2v) is 7.19. The summed E-state index contributed by atoms with van der Waals surface area (Å²) in [5, 5.41) is 6.54. The highest BCUT2D eigenvalue weighted by atomic mass is 16.5. The third kappa shape index (κ3) is 4.69. The third-order valence-corrected chi connectivity index (χ3v) is 4.98. The lowest BCUT2D eigenvalue weighted by Crippen LogP contribution is -2.36. The van der Waals surface area contributed by atoms with Crippen LogP contribution in [0.25, 0.3) is 0 Å². The number of benzene rings is 1. The van der Waals surface area contributed by atoms with Gasteiger partial charge in [0.15, 0.2) is 0 Å². The van der Waals surface area contributed by atoms with Gasteiger partial charge in [0.05, 0.1) is 13.2 Å². The van der Waals surface area contributed by atoms with E-state index < -0.39 is 0 Å². The predicted molar refractivity (Wildman–Crippen MR) is 109 cm³/mol. The van der Waals surface area contributed by atoms with E-state index in [1.807, 2.05) is 18.3 Å². The summed E-state index contributed by atoms with van der Waals surface area (Å²) in [5.41, 5.74) is 8.44. The number of morpholine rings is 1. The van der Waals surface area contributed by atoms with Crippen molar-refractivity contribution in [3.8, 4) is 0 Å². The summed E-state index contributed by atoms with van der Waals surface area (Å²) < 4.78 is 5.43. The van der Waals surface area contributed by atoms with Crippen molar-refractivity contribution in [1.82, 2.24) is 9.97 Å². The molecule has 1 saturated heterocycles. The van der Waals surface area contributed by atoms with Crippen LogP contribution in [-0.4, -0.2) is 48.7 Å². The first-order valence-corrected chi connectivity index (χ1v) is 9.78. The number of nitrogens with one attached hydrogen (secondary N) is 2. The Morgan fingerprint density at radius 1 is 1.29 bits per heavy atom. The molecule has 1 aliphatic heterocycles. The summed E-state index contributed by atoms with van der Waals surface area (Å²) in [6.07, 6.45) is 4.47. The van der Waals surface area contributed by atoms with Crippen molar-refractivity contribution in [2.75, 3.05) is 48.4 Å². The molecule has 2 aliphatic rings. The molecule has 0 atom stereocenters. The number of hydrogen-bond acceptors (Lipinski definition) is 7. The van der Waals surface area contributed by atoms with Gasteiger partial charge >= 0.3 is 0 Å². The van der Waals surface area contributed by atoms with Crippen LogP contribution in [0.5, 0.6) is 0 Å². The third-order valence-electron chi connectivity index (χ3n) is 4.98. The molecule has 1 aromatic heterocycles. The second kappa shape index (κ2) is 8.43. The molecular formula is C20H26N6O2. The van der Waals surface area contributed by atoms with Crippen molar-refractivity contribution >= 4 is 29.0 Å². The maximum Gasteiger partial charge on any atom is 0.229 e. The molecule has 8 heteroatoms. The number of nitrogens with two attached hydrogens (primary N) is 1. The standard InChI is InChI=1S/C20H26N6O2/c21-18(27)6-7-22-19-17(14-4-5-14)13-23-20(25-19)24-15-2-1-3-16(12-15)26-8-10-28-11-9-26/h1-3,12-14H,4-11H2,(H2,21,27)(H2,22,23,24,25). The minimum Gasteiger partial charge on any atom is -0.378 e. The predicted octanol–water partition coefficient (Wildman–Crippen LogP) is 2.22. The topological polar surface area (TPSA) is 105 Å². The maximum absolute atomic E-state index is 11.0. The molecule has 2 fully saturated rings. The minimum atomic E-state index is -0.326. The number of nitrogens with zero attached hydrogens (tertiary/aromatic N) is 3. The van der Waals surface area contributed by atoms with Crippen LogP contribution in [0, 0.1) is 0 Å². The maximum atomic E-state index is 11.0. The van der Waals surface area contributed by atoms with Gasteiger partial charge in [-0.25, -0.2) is 4.98 Å². The van der Waals surface area contributed by atoms with Crippen molar-refractivity contribution in [2.45, 2.75) is 25.2 Å². The molecule has 2 aromatic rings. The molecular weight excluding hydrogens is 356 g/mol. The zero-order valence-corrected chi connectivity index (χ0v) is 15.9. The van der Waals surface area contributed by atoms with Crippen LogP contribution in [0.3, 0.4) is 0 Å². The van der Waals surface area contributed by atoms with E-state index in [0.29, 0.717) is 18.4 Å². The van der Waals surface area contributed by atoms with E-state index in [2.05, 4.69) is 37.6 Å². The average molecular weight is 382 g/mol. The van der Waals surface area contributed by atoms with E-state index in [0.717, 1.165) is 61.9 Å². The van der Waals surface area contributed by atoms with E-state index in [1.165, 1.54) is 0 Å². The fourth-order valence-electron chi connectivity index (χ4n) is 3.32. The highest BCUT2D eigenvalue weighted by molar-refractivity contribution is 5.74. The Hall–Kier alpha value is -2.87. The number of amides is 1. The molecule has 148 valence electrons. The van der Waals surface area contributed by atoms with Crippen LogP contribution in [0.1, 0.15) is 30.7 Å². The summed E-state index contributed by atoms with van der Waals surface area (Å²) in [6, 6.07) is 8.23. The van der Waals surface area contributed by atoms with E-state index in [1.54, 1.807) is 0 Å². The Bertz CT molecular complexity index is 833. The number of hydrogen-bond donors (Lipinski definition) is 3. The lowest BCUT2D eigenvalue weighted by atomic mass is 10.2. The van der Waals surface area contributed by atoms with Crippen molar-refractivity contribution < 1.29 is 9.53 Å². The van der Waals surface area contributed by atoms with Gasteiger partial charge < -0.3 is 26.0 Å². The largest absolute Gasteiger partial charge is 0.378 e. The summed E-state index contributed by atoms with van der Waals surface area (Å²) >= 11 is 0. The summed E-state index contributed by atoms with van der Waals surface area (Å²) in [6.45, 7) is 3.76. The Morgan fingerprint density at radius 3 is 2.86 bits per heavy atom. The Kier molecular flexibility index (Phi) is 5.57. The fraction of sp³-hybridized carbons (Fsp3) is 0.450. The molecule has 1 amide bonds. The van der Waals surface area contributed by atoms with E-state index in [-0.39, 0.29) is 12.3 Å². The quantitative estimate of drug-likeness (QED) is 0.643. The molecule has 0 radical (unpaired) electrons. The van der Waals surface area contributed by atoms with Gasteiger partial charge in [0, 0.05) is 49.2 Å². The Balaban J connectivity index is 1.48. The number of carbonyl (C=O) groups is 1. The monoisotopic (exact) mass is 382 g/mol. The fourth-order valence-corrected chi connectivity index (χ4v) is 3.32. The van der Waals surface area contributed by atoms with Gasteiger partial charge in [-0.15, -0.1) is 0 Å². The van der Waals surface area contributed by atoms with Gasteiger partial charge in [0.25, 0.3) is 0 Å². The number of aromatic nitrogens is 2. The van der Waals surface area contributed by atoms with E-state index in [9.17, 15) is 4.79 Å². The Morgan fingerprint density at radius 2 is 2.11 bits per heavy atom. The van der Waals surface area contributed by atoms with Crippen LogP contribution >= 0.6 is 0 Å². The van der Waals surface area contributed by atoms with Gasteiger partial charge in [-0.3, -0.25) is 4.79 Å². The Labute approximate surface area is 164 Å². The normalized spacial score (nSPS) is 16.6. The zero-order valence-electron chi connectivity index (χ0n) is 15.9. The lowest BCUT2D eigenvalue weighted by Gasteiger charge is -2.29. The first-order chi connectivity index (χ1) is 13.7. The van der Waals surface area contributed by atoms with Crippen molar-refractivity contribution in [1.29, 1.82) is 0 Å². The number of rotatable bonds is 8. The van der Waals surface area contributed by atoms with Crippen LogP contribution in [0.15, 0.2) is 30.5 Å². The zero-order chi connectivity index (χ0) is 19.3. The molecule has 4 rings (SSSR count). The van der Waals surface area contributed by atoms with Crippen LogP contribution in [-0.2, 0) is 9.53 Å². The van der Waals surface area contributed by atoms with Gasteiger partial charge in [0.1, 0.15) is 5.82 Å². The summed E-state index contributed by atoms with van der Waals surface area (Å²) in [4.78, 5) is 22.5. The molecule has 28 heavy (non-hydrogen) atoms. The number of anilines is 4. The summed E-state index contributed by atoms with van der Waals surface area (Å²) in [5.74, 6) is 1.50. The van der Waals surface area contributed by atoms with Crippen LogP contribution < -0.4 is 21.3 Å². The highest BCUT2D eigenvalue weighted by Crippen LogP contribution is 2.42. The molecule has 2 heterocycles. The molecule has 4 N–H and O–H groups in total. The van der Waals surface area contributed by atoms with Crippen LogP contribution in [0.4, 0.5) is 23.1 Å². The number of primary amides is 1. The van der Waals surface area contributed by atoms with Gasteiger partial charge in [-0.2, -0.15) is 4.98 Å². The molecule has 1 aliphatic carbocycles. The molecule has 0 spiro atoms. The highest BCUT2D eigenvalue weighted by Gasteiger charge is 2.27. The van der Waals surface area contributed by atoms with Gasteiger partial charge in [-0.1, -0.05) is 6.07 Å².